The molecular formula is C15H14ClNO. The lowest BCUT2D eigenvalue weighted by atomic mass is 9.99. The zero-order chi connectivity index (χ0) is 12.5. The first-order valence-corrected chi connectivity index (χ1v) is 6.41. The van der Waals surface area contributed by atoms with Crippen LogP contribution >= 0.6 is 11.6 Å². The molecule has 0 unspecified atom stereocenters. The molecule has 2 nitrogen and oxygen atoms in total. The standard InChI is InChI=1S/C15H14ClNO/c16-13-2-4-14(5-3-13)17-8-7-11-9-15(18)6-1-12(11)10-17/h1-6,9,18H,7-8,10H2. The van der Waals surface area contributed by atoms with Gasteiger partial charge < -0.3 is 10.0 Å². The fourth-order valence-corrected chi connectivity index (χ4v) is 2.54. The summed E-state index contributed by atoms with van der Waals surface area (Å²) in [7, 11) is 0. The molecule has 2 aromatic carbocycles. The largest absolute Gasteiger partial charge is 0.508 e. The van der Waals surface area contributed by atoms with Crippen molar-refractivity contribution in [3.63, 3.8) is 0 Å². The van der Waals surface area contributed by atoms with Gasteiger partial charge in [0.1, 0.15) is 5.75 Å². The van der Waals surface area contributed by atoms with E-state index >= 15 is 0 Å². The van der Waals surface area contributed by atoms with Gasteiger partial charge in [-0.25, -0.2) is 0 Å². The lowest BCUT2D eigenvalue weighted by molar-refractivity contribution is 0.473. The number of hydrogen-bond donors (Lipinski definition) is 1. The zero-order valence-electron chi connectivity index (χ0n) is 9.94. The molecule has 0 atom stereocenters. The summed E-state index contributed by atoms with van der Waals surface area (Å²) in [5.41, 5.74) is 3.73. The molecule has 1 aliphatic rings. The lowest BCUT2D eigenvalue weighted by Gasteiger charge is -2.30. The highest BCUT2D eigenvalue weighted by atomic mass is 35.5. The van der Waals surface area contributed by atoms with Crippen molar-refractivity contribution in [2.45, 2.75) is 13.0 Å². The van der Waals surface area contributed by atoms with Crippen LogP contribution in [0.5, 0.6) is 5.75 Å². The molecule has 0 saturated carbocycles. The summed E-state index contributed by atoms with van der Waals surface area (Å²) in [6, 6.07) is 13.6. The summed E-state index contributed by atoms with van der Waals surface area (Å²) < 4.78 is 0. The average Bonchev–Trinajstić information content (AvgIpc) is 2.39. The third kappa shape index (κ3) is 2.16. The van der Waals surface area contributed by atoms with E-state index in [2.05, 4.69) is 4.90 Å². The van der Waals surface area contributed by atoms with Gasteiger partial charge in [0.05, 0.1) is 0 Å². The molecule has 1 heterocycles. The molecule has 2 aromatic rings. The normalized spacial score (nSPS) is 14.4. The topological polar surface area (TPSA) is 23.5 Å². The van der Waals surface area contributed by atoms with Crippen LogP contribution in [0.15, 0.2) is 42.5 Å². The van der Waals surface area contributed by atoms with Crippen LogP contribution in [0.3, 0.4) is 0 Å². The van der Waals surface area contributed by atoms with E-state index in [9.17, 15) is 5.11 Å². The maximum absolute atomic E-state index is 9.47. The smallest absolute Gasteiger partial charge is 0.115 e. The van der Waals surface area contributed by atoms with E-state index in [0.717, 1.165) is 24.5 Å². The minimum absolute atomic E-state index is 0.355. The molecule has 0 fully saturated rings. The third-order valence-corrected chi connectivity index (χ3v) is 3.65. The first kappa shape index (κ1) is 11.4. The Morgan fingerprint density at radius 2 is 1.78 bits per heavy atom. The second-order valence-electron chi connectivity index (χ2n) is 4.60. The molecule has 92 valence electrons. The van der Waals surface area contributed by atoms with Gasteiger partial charge in [-0.05, 0) is 53.9 Å². The van der Waals surface area contributed by atoms with Crippen LogP contribution in [-0.4, -0.2) is 11.7 Å². The maximum atomic E-state index is 9.47. The van der Waals surface area contributed by atoms with Gasteiger partial charge in [0.25, 0.3) is 0 Å². The van der Waals surface area contributed by atoms with E-state index < -0.39 is 0 Å². The van der Waals surface area contributed by atoms with Crippen LogP contribution in [0.2, 0.25) is 5.02 Å². The molecule has 3 rings (SSSR count). The number of rotatable bonds is 1. The number of phenols is 1. The molecule has 0 aliphatic carbocycles. The minimum atomic E-state index is 0.355. The molecule has 18 heavy (non-hydrogen) atoms. The number of fused-ring (bicyclic) bond motifs is 1. The highest BCUT2D eigenvalue weighted by molar-refractivity contribution is 6.30. The van der Waals surface area contributed by atoms with Crippen LogP contribution in [0.4, 0.5) is 5.69 Å². The predicted molar refractivity (Wildman–Crippen MR) is 74.3 cm³/mol. The monoisotopic (exact) mass is 259 g/mol. The van der Waals surface area contributed by atoms with Crippen molar-refractivity contribution < 1.29 is 5.11 Å². The number of halogens is 1. The van der Waals surface area contributed by atoms with Crippen molar-refractivity contribution in [1.29, 1.82) is 0 Å². The van der Waals surface area contributed by atoms with Gasteiger partial charge in [-0.2, -0.15) is 0 Å². The number of aromatic hydroxyl groups is 1. The number of benzene rings is 2. The highest BCUT2D eigenvalue weighted by Crippen LogP contribution is 2.27. The summed E-state index contributed by atoms with van der Waals surface area (Å²) in [5.74, 6) is 0.355. The molecule has 0 saturated heterocycles. The Balaban J connectivity index is 1.86. The highest BCUT2D eigenvalue weighted by Gasteiger charge is 2.16. The molecule has 0 radical (unpaired) electrons. The summed E-state index contributed by atoms with van der Waals surface area (Å²) in [6.07, 6.45) is 0.965. The molecule has 0 aromatic heterocycles. The predicted octanol–water partition coefficient (Wildman–Crippen LogP) is 3.61. The van der Waals surface area contributed by atoms with E-state index in [-0.39, 0.29) is 0 Å². The van der Waals surface area contributed by atoms with E-state index in [4.69, 9.17) is 11.6 Å². The van der Waals surface area contributed by atoms with Crippen LogP contribution in [0.1, 0.15) is 11.1 Å². The van der Waals surface area contributed by atoms with Crippen LogP contribution in [0.25, 0.3) is 0 Å². The third-order valence-electron chi connectivity index (χ3n) is 3.39. The Labute approximate surface area is 111 Å². The van der Waals surface area contributed by atoms with Gasteiger partial charge >= 0.3 is 0 Å². The van der Waals surface area contributed by atoms with Crippen molar-refractivity contribution in [1.82, 2.24) is 0 Å². The van der Waals surface area contributed by atoms with E-state index in [1.54, 1.807) is 6.07 Å². The number of hydrogen-bond acceptors (Lipinski definition) is 2. The Hall–Kier alpha value is -1.67. The van der Waals surface area contributed by atoms with Crippen LogP contribution in [0, 0.1) is 0 Å². The molecule has 1 aliphatic heterocycles. The van der Waals surface area contributed by atoms with Crippen molar-refractivity contribution >= 4 is 17.3 Å². The summed E-state index contributed by atoms with van der Waals surface area (Å²) in [6.45, 7) is 1.86. The number of phenolic OH excluding ortho intramolecular Hbond substituents is 1. The Bertz CT molecular complexity index is 565. The first-order valence-electron chi connectivity index (χ1n) is 6.04. The average molecular weight is 260 g/mol. The van der Waals surface area contributed by atoms with Gasteiger partial charge in [0.2, 0.25) is 0 Å². The fraction of sp³-hybridized carbons (Fsp3) is 0.200. The Kier molecular flexibility index (Phi) is 2.88. The Morgan fingerprint density at radius 3 is 2.56 bits per heavy atom. The first-order chi connectivity index (χ1) is 8.72. The summed E-state index contributed by atoms with van der Waals surface area (Å²) >= 11 is 5.90. The molecule has 0 spiro atoms. The van der Waals surface area contributed by atoms with Gasteiger partial charge in [0.15, 0.2) is 0 Å². The zero-order valence-corrected chi connectivity index (χ0v) is 10.7. The second-order valence-corrected chi connectivity index (χ2v) is 5.04. The van der Waals surface area contributed by atoms with Crippen molar-refractivity contribution in [2.75, 3.05) is 11.4 Å². The van der Waals surface area contributed by atoms with Crippen LogP contribution in [-0.2, 0) is 13.0 Å². The van der Waals surface area contributed by atoms with Crippen LogP contribution < -0.4 is 4.90 Å². The molecule has 3 heteroatoms. The van der Waals surface area contributed by atoms with Crippen molar-refractivity contribution in [3.05, 3.63) is 58.6 Å². The fourth-order valence-electron chi connectivity index (χ4n) is 2.41. The molecule has 1 N–H and O–H groups in total. The number of anilines is 1. The molecule has 0 bridgehead atoms. The second kappa shape index (κ2) is 4.54. The summed E-state index contributed by atoms with van der Waals surface area (Å²) in [5, 5.41) is 10.2. The van der Waals surface area contributed by atoms with Gasteiger partial charge in [-0.3, -0.25) is 0 Å². The quantitative estimate of drug-likeness (QED) is 0.846. The van der Waals surface area contributed by atoms with Crippen molar-refractivity contribution in [3.8, 4) is 5.75 Å². The van der Waals surface area contributed by atoms with E-state index in [0.29, 0.717) is 5.75 Å². The van der Waals surface area contributed by atoms with E-state index in [1.165, 1.54) is 16.8 Å². The van der Waals surface area contributed by atoms with Gasteiger partial charge in [-0.1, -0.05) is 17.7 Å². The van der Waals surface area contributed by atoms with Gasteiger partial charge in [-0.15, -0.1) is 0 Å². The SMILES string of the molecule is Oc1ccc2c(c1)CCN(c1ccc(Cl)cc1)C2. The molecule has 0 amide bonds. The van der Waals surface area contributed by atoms with E-state index in [1.807, 2.05) is 36.4 Å². The lowest BCUT2D eigenvalue weighted by Crippen LogP contribution is -2.30. The minimum Gasteiger partial charge on any atom is -0.508 e. The summed E-state index contributed by atoms with van der Waals surface area (Å²) in [4.78, 5) is 2.33. The van der Waals surface area contributed by atoms with Crippen molar-refractivity contribution in [2.24, 2.45) is 0 Å². The van der Waals surface area contributed by atoms with Gasteiger partial charge in [0, 0.05) is 23.8 Å². The number of nitrogens with zero attached hydrogens (tertiary/aromatic N) is 1. The Morgan fingerprint density at radius 1 is 1.00 bits per heavy atom. The molecular weight excluding hydrogens is 246 g/mol. The maximum Gasteiger partial charge on any atom is 0.115 e.